The number of carbonyl (C=O) groups excluding carboxylic acids is 17. The Labute approximate surface area is 864 Å². The molecule has 0 aliphatic carbocycles. The van der Waals surface area contributed by atoms with E-state index in [2.05, 4.69) is 83.4 Å². The molecule has 15 atom stereocenters. The summed E-state index contributed by atoms with van der Waals surface area (Å²) in [7, 11) is 2.19. The summed E-state index contributed by atoms with van der Waals surface area (Å²) in [5.41, 5.74) is 8.20. The maximum absolute atomic E-state index is 15.4. The van der Waals surface area contributed by atoms with Crippen molar-refractivity contribution < 1.29 is 129 Å². The summed E-state index contributed by atoms with van der Waals surface area (Å²) >= 11 is 0. The molecule has 806 valence electrons. The number of cyclic esters (lactones) is 2. The number of nitrogens with one attached hydrogen (secondary N) is 14. The standard InChI is InChI=1S/C103H132N20O27/c1-9-27-78(126)102(5,99(142)144-7)80-34-17-13-11-15-19-37-86-115-76(58-147-86)98(141)150-81(35-18-14-12-16-20-36-85-114-75(57-146-85)97(140)149-80)103(6,100(143)145-8)79(28-10-2)148-87(130)45-44-83(128)108-46-24-23-31-67(88(131)118-70(49-60(3)4)90(133)117-69(32-25-47-109-101(105)106)96(139)123-48-26-33-77(123)95(138)111-55-82(104)127)116-91(134)71(50-61-38-40-64(125)41-39-61)119-94(137)74(56-124)122-92(135)72(51-62-53-110-66-30-22-21-29-65(62)66)120-93(136)73(52-63-54-107-59-112-63)121-89(132)68-42-43-84(129)113-68/h9-22,27-30,36-41,53-54,57-60,67-74,77-81,110,124-126H,23-26,31-35,42-52,55-56H2,1-8H3,(H2,104,127)(H,107,112)(H,108,128)(H,111,138)(H,113,129)(H,116,134)(H,117,133)(H,118,131)(H,119,137)(H,120,136)(H,121,132)(H,122,135)(H4,105,106,109)/b15-11+,16-12+,17-13-,18-14-,27-9+,28-10+,36-20+,37-19+/t67-,68-,69-,70-,71-,72-,73-,74-,77-,78?,79?,80?,81?,102?,103?/m0/s1. The Balaban J connectivity index is 0.945. The van der Waals surface area contributed by atoms with Crippen molar-refractivity contribution in [3.8, 4) is 5.75 Å². The van der Waals surface area contributed by atoms with Crippen molar-refractivity contribution >= 4 is 130 Å². The molecule has 3 aliphatic rings. The van der Waals surface area contributed by atoms with Crippen molar-refractivity contribution in [2.45, 2.75) is 229 Å². The number of ether oxygens (including phenoxy) is 5. The van der Waals surface area contributed by atoms with E-state index in [1.165, 1.54) is 122 Å². The molecule has 0 radical (unpaired) electrons. The van der Waals surface area contributed by atoms with E-state index in [1.807, 2.05) is 0 Å². The molecule has 0 spiro atoms. The molecule has 47 nitrogen and oxygen atoms in total. The van der Waals surface area contributed by atoms with E-state index in [-0.39, 0.29) is 144 Å². The fraction of sp³-hybridized carbons (Fsp3) is 0.447. The molecule has 12 amide bonds. The summed E-state index contributed by atoms with van der Waals surface area (Å²) < 4.78 is 39.5. The van der Waals surface area contributed by atoms with Gasteiger partial charge in [0.1, 0.15) is 102 Å². The number of unbranched alkanes of at least 4 members (excludes halogenated alkanes) is 1. The van der Waals surface area contributed by atoms with Gasteiger partial charge < -0.3 is 133 Å². The number of imidazole rings is 1. The fourth-order valence-electron chi connectivity index (χ4n) is 16.8. The number of hydrogen-bond acceptors (Lipinski definition) is 31. The third-order valence-electron chi connectivity index (χ3n) is 25.0. The van der Waals surface area contributed by atoms with Crippen molar-refractivity contribution in [1.29, 1.82) is 5.41 Å². The lowest BCUT2D eigenvalue weighted by Gasteiger charge is -2.38. The van der Waals surface area contributed by atoms with E-state index < -0.39 is 223 Å². The Morgan fingerprint density at radius 2 is 1.17 bits per heavy atom. The first-order valence-electron chi connectivity index (χ1n) is 49.0. The quantitative estimate of drug-likeness (QED) is 0.00651. The number of amides is 12. The van der Waals surface area contributed by atoms with Crippen molar-refractivity contribution in [1.82, 2.24) is 88.3 Å². The van der Waals surface area contributed by atoms with Gasteiger partial charge in [0.15, 0.2) is 17.3 Å². The van der Waals surface area contributed by atoms with Crippen LogP contribution in [0.4, 0.5) is 0 Å². The third kappa shape index (κ3) is 34.6. The largest absolute Gasteiger partial charge is 0.508 e. The topological polar surface area (TPSA) is 705 Å². The van der Waals surface area contributed by atoms with Crippen LogP contribution in [0.2, 0.25) is 0 Å². The number of likely N-dealkylation sites (tertiary alicyclic amines) is 1. The normalized spacial score (nSPS) is 19.4. The van der Waals surface area contributed by atoms with E-state index >= 15 is 9.59 Å². The third-order valence-corrected chi connectivity index (χ3v) is 25.0. The highest BCUT2D eigenvalue weighted by molar-refractivity contribution is 6.01. The Kier molecular flexibility index (Phi) is 45.4. The molecule has 2 fully saturated rings. The summed E-state index contributed by atoms with van der Waals surface area (Å²) in [4.78, 5) is 260. The van der Waals surface area contributed by atoms with Gasteiger partial charge in [-0.1, -0.05) is 123 Å². The number of aromatic nitrogens is 5. The molecule has 4 bridgehead atoms. The fourth-order valence-corrected chi connectivity index (χ4v) is 16.8. The predicted molar refractivity (Wildman–Crippen MR) is 541 cm³/mol. The minimum atomic E-state index is -2.09. The summed E-state index contributed by atoms with van der Waals surface area (Å²) in [6, 6.07) is -0.858. The lowest BCUT2D eigenvalue weighted by molar-refractivity contribution is -0.176. The highest BCUT2D eigenvalue weighted by atomic mass is 16.6. The number of fused-ring (bicyclic) bond motifs is 5. The monoisotopic (exact) mass is 2080 g/mol. The van der Waals surface area contributed by atoms with Crippen molar-refractivity contribution in [3.05, 3.63) is 205 Å². The number of aliphatic hydroxyl groups is 2. The lowest BCUT2D eigenvalue weighted by Crippen LogP contribution is -2.61. The second-order valence-corrected chi connectivity index (χ2v) is 36.5. The van der Waals surface area contributed by atoms with Gasteiger partial charge in [0.05, 0.1) is 46.2 Å². The van der Waals surface area contributed by atoms with Crippen LogP contribution in [0.5, 0.6) is 5.75 Å². The van der Waals surface area contributed by atoms with Gasteiger partial charge in [0.2, 0.25) is 82.7 Å². The van der Waals surface area contributed by atoms with Gasteiger partial charge in [0, 0.05) is 106 Å². The summed E-state index contributed by atoms with van der Waals surface area (Å²) in [5.74, 6) is -16.2. The average molecular weight is 2080 g/mol. The molecule has 4 aromatic heterocycles. The van der Waals surface area contributed by atoms with Crippen LogP contribution in [0, 0.1) is 22.2 Å². The molecule has 2 aromatic carbocycles. The van der Waals surface area contributed by atoms with Crippen molar-refractivity contribution in [2.75, 3.05) is 47.0 Å². The van der Waals surface area contributed by atoms with Crippen LogP contribution in [0.25, 0.3) is 23.1 Å². The number of carbonyl (C=O) groups is 17. The van der Waals surface area contributed by atoms with E-state index in [0.29, 0.717) is 34.1 Å². The summed E-state index contributed by atoms with van der Waals surface area (Å²) in [5, 5.41) is 70.1. The number of H-pyrrole nitrogens is 2. The van der Waals surface area contributed by atoms with Gasteiger partial charge in [-0.3, -0.25) is 77.3 Å². The molecule has 3 aliphatic heterocycles. The van der Waals surface area contributed by atoms with Gasteiger partial charge in [-0.15, -0.1) is 0 Å². The number of esters is 5. The predicted octanol–water partition coefficient (Wildman–Crippen LogP) is 2.51. The van der Waals surface area contributed by atoms with Crippen molar-refractivity contribution in [2.24, 2.45) is 28.2 Å². The molecular formula is C103H132N20O27. The van der Waals surface area contributed by atoms with Crippen LogP contribution in [-0.4, -0.2) is 278 Å². The Morgan fingerprint density at radius 1 is 0.613 bits per heavy atom. The van der Waals surface area contributed by atoms with E-state index in [9.17, 15) is 87.2 Å². The molecule has 9 rings (SSSR count). The first kappa shape index (κ1) is 117. The maximum atomic E-state index is 15.4. The van der Waals surface area contributed by atoms with Gasteiger partial charge in [0.25, 0.3) is 0 Å². The number of aliphatic hydroxyl groups excluding tert-OH is 2. The van der Waals surface area contributed by atoms with Crippen LogP contribution in [0.3, 0.4) is 0 Å². The van der Waals surface area contributed by atoms with Crippen LogP contribution in [-0.2, 0) is 115 Å². The number of nitrogens with two attached hydrogens (primary N) is 2. The molecule has 2 saturated heterocycles. The Bertz CT molecular complexity index is 5970. The molecule has 21 N–H and O–H groups in total. The molecule has 0 saturated carbocycles. The number of phenols is 1. The number of phenolic OH excluding ortho intramolecular Hbond substituents is 1. The number of rotatable bonds is 48. The first-order valence-corrected chi connectivity index (χ1v) is 49.0. The molecule has 7 heterocycles. The number of primary amides is 1. The lowest BCUT2D eigenvalue weighted by atomic mass is 9.76. The zero-order chi connectivity index (χ0) is 109. The second kappa shape index (κ2) is 58.2. The number of para-hydroxylation sites is 1. The number of allylic oxidation sites excluding steroid dienone is 10. The number of methoxy groups -OCH3 is 2. The molecule has 47 heteroatoms. The number of oxazole rings is 2. The van der Waals surface area contributed by atoms with Crippen LogP contribution in [0.15, 0.2) is 174 Å². The Morgan fingerprint density at radius 3 is 1.75 bits per heavy atom. The second-order valence-electron chi connectivity index (χ2n) is 36.5. The first-order chi connectivity index (χ1) is 71.8. The molecule has 150 heavy (non-hydrogen) atoms. The number of hydrogen-bond donors (Lipinski definition) is 19. The maximum Gasteiger partial charge on any atom is 0.360 e. The Hall–Kier alpha value is -16.5. The molecular weight excluding hydrogens is 1950 g/mol. The summed E-state index contributed by atoms with van der Waals surface area (Å²) in [6.45, 7) is 7.67. The zero-order valence-corrected chi connectivity index (χ0v) is 84.5. The highest BCUT2D eigenvalue weighted by Gasteiger charge is 2.54. The SMILES string of the molecule is C/C=C/C(O)C(C)(C(=O)OC)C1C\C=C/C=C/C=C/c2nc(co2)C(=O)OC(C(C)(C(=O)OC)C(/C=C/C)OC(=O)CCC(=O)NCCCC[C@H](NC(=O)[C@H](Cc2ccc(O)cc2)NC(=O)[C@H](CO)NC(=O)[C@H](Cc2c[nH]c3ccccc23)NC(=O)[C@H](Cc2cnc[nH]2)NC(=O)[C@@H]2CCC(=O)N2)C(=O)N[C@@H](CC(C)C)C(=O)N[C@@H](CCCNC(=N)N)C(=O)N2CCC[C@H]2C(=O)NCC(N)=O)C\C=C/C=C/C=C/c2nc(co2)C(=O)O1. The van der Waals surface area contributed by atoms with Crippen LogP contribution >= 0.6 is 0 Å². The van der Waals surface area contributed by atoms with Crippen molar-refractivity contribution in [3.63, 3.8) is 0 Å². The van der Waals surface area contributed by atoms with E-state index in [4.69, 9.17) is 49.4 Å². The van der Waals surface area contributed by atoms with E-state index in [1.54, 1.807) is 88.5 Å². The van der Waals surface area contributed by atoms with Crippen LogP contribution < -0.4 is 70.0 Å². The number of aromatic amines is 2. The van der Waals surface area contributed by atoms with Crippen LogP contribution in [0.1, 0.15) is 181 Å². The number of guanidine groups is 1. The van der Waals surface area contributed by atoms with Gasteiger partial charge >= 0.3 is 29.8 Å². The number of benzene rings is 2. The minimum absolute atomic E-state index is 0.0276. The van der Waals surface area contributed by atoms with Gasteiger partial charge in [-0.2, -0.15) is 0 Å². The smallest absolute Gasteiger partial charge is 0.360 e. The zero-order valence-electron chi connectivity index (χ0n) is 84.5. The van der Waals surface area contributed by atoms with Gasteiger partial charge in [-0.25, -0.2) is 24.5 Å². The number of nitrogens with zero attached hydrogens (tertiary/aromatic N) is 4. The molecule has 6 aromatic rings. The minimum Gasteiger partial charge on any atom is -0.508 e. The molecule has 6 unspecified atom stereocenters. The van der Waals surface area contributed by atoms with E-state index in [0.717, 1.165) is 26.7 Å². The number of aromatic hydroxyl groups is 1. The highest BCUT2D eigenvalue weighted by Crippen LogP contribution is 2.38. The van der Waals surface area contributed by atoms with Gasteiger partial charge in [-0.05, 0) is 127 Å². The summed E-state index contributed by atoms with van der Waals surface area (Å²) in [6.07, 6.45) is 22.3. The average Bonchev–Trinajstić information content (AvgIpc) is 1.78.